The summed E-state index contributed by atoms with van der Waals surface area (Å²) >= 11 is 1.86. The molecule has 9 rings (SSSR count). The van der Waals surface area contributed by atoms with Gasteiger partial charge in [0.05, 0.1) is 50.8 Å². The van der Waals surface area contributed by atoms with E-state index in [0.29, 0.717) is 41.5 Å². The van der Waals surface area contributed by atoms with Crippen LogP contribution in [0.4, 0.5) is 0 Å². The number of oxazole rings is 1. The average Bonchev–Trinajstić information content (AvgIpc) is 1.56. The number of thiazole rings is 1. The van der Waals surface area contributed by atoms with Crippen molar-refractivity contribution < 1.29 is 32.2 Å². The molecule has 7 atom stereocenters. The molecule has 7 unspecified atom stereocenters. The van der Waals surface area contributed by atoms with E-state index in [1.807, 2.05) is 22.9 Å². The van der Waals surface area contributed by atoms with Crippen LogP contribution in [0.15, 0.2) is 28.0 Å². The second-order valence-corrected chi connectivity index (χ2v) is 55.6. The predicted octanol–water partition coefficient (Wildman–Crippen LogP) is 29.2. The molecule has 726 valence electrons. The monoisotopic (exact) mass is 1780 g/mol. The zero-order chi connectivity index (χ0) is 100. The number of carbonyl (C=O) groups is 1. The first-order valence-corrected chi connectivity index (χ1v) is 47.4. The van der Waals surface area contributed by atoms with Crippen molar-refractivity contribution in [2.75, 3.05) is 0 Å². The van der Waals surface area contributed by atoms with Crippen LogP contribution in [0.2, 0.25) is 0 Å². The Morgan fingerprint density at radius 2 is 0.825 bits per heavy atom. The summed E-state index contributed by atoms with van der Waals surface area (Å²) in [6, 6.07) is 0.633. The van der Waals surface area contributed by atoms with Crippen molar-refractivity contribution >= 4 is 28.9 Å². The number of carbonyl (C=O) groups excluding carboxylic acids is 1. The van der Waals surface area contributed by atoms with Crippen LogP contribution in [0.25, 0.3) is 0 Å². The van der Waals surface area contributed by atoms with Gasteiger partial charge in [0.25, 0.3) is 0 Å². The van der Waals surface area contributed by atoms with Gasteiger partial charge in [-0.05, 0) is 105 Å². The molecule has 21 heteroatoms. The molecule has 9 heterocycles. The highest BCUT2D eigenvalue weighted by molar-refractivity contribution is 7.12. The number of aromatic nitrogens is 10. The molecule has 0 bridgehead atoms. The van der Waals surface area contributed by atoms with Crippen LogP contribution in [0.1, 0.15) is 486 Å². The second kappa shape index (κ2) is 40.9. The van der Waals surface area contributed by atoms with Gasteiger partial charge in [0.15, 0.2) is 17.6 Å². The van der Waals surface area contributed by atoms with Gasteiger partial charge in [-0.2, -0.15) is 4.98 Å². The minimum absolute atomic E-state index is 0.00569. The van der Waals surface area contributed by atoms with Gasteiger partial charge in [0.1, 0.15) is 23.7 Å². The maximum Gasteiger partial charge on any atom is 0.232 e. The highest BCUT2D eigenvalue weighted by atomic mass is 32.1. The Kier molecular flexibility index (Phi) is 38.3. The minimum atomic E-state index is -0.0647. The third kappa shape index (κ3) is 34.9. The number of hydrogen-bond donors (Lipinski definition) is 0. The summed E-state index contributed by atoms with van der Waals surface area (Å²) in [5.74, 6) is 7.99. The maximum atomic E-state index is 12.5. The van der Waals surface area contributed by atoms with Gasteiger partial charge in [0.2, 0.25) is 23.6 Å². The highest BCUT2D eigenvalue weighted by Gasteiger charge is 2.52. The largest absolute Gasteiger partial charge is 0.475 e. The second-order valence-electron chi connectivity index (χ2n) is 54.6. The standard InChI is InChI=1S/C14H27NO.C12H23NO.C12H21NO.C12H23NO.C12H21NO.C12H21NS.C11H21N3.2C10H18N2O/c1-9-10(2)15(14(6,7)8)12(16)11(9)13(3,4)5;1-8-9(11(2,3)4)13-10(14-8)12(5,6)7;1-8-9(11(2,3)4)14-10(13-8)12(5,6)7;2*1-8-9(11(2,3)4)13-14-10(8)12(5,6)7;1-8-9(11(2,3)4)14-10(13-8)12(5,6)7;1-8-9(10(2,3)4)12-13-14(8)11(5,6)7;1-9(2,3)7-11-12-8(13-7)10(4,5)6;1-9(2,3)7-11-8(13-12-7)10(4,5)6/h9-11H,1-8H3;8-9H,1-7H3;1-7H3;8,10H,1-7H3;3*1-7H3;2*1-6H3. The maximum absolute atomic E-state index is 12.5. The van der Waals surface area contributed by atoms with Crippen molar-refractivity contribution in [2.45, 2.75) is 524 Å². The lowest BCUT2D eigenvalue weighted by molar-refractivity contribution is -0.138. The number of oxime groups is 1. The van der Waals surface area contributed by atoms with E-state index in [9.17, 15) is 4.79 Å². The number of nitrogens with zero attached hydrogens (tertiary/aromatic N) is 13. The fourth-order valence-electron chi connectivity index (χ4n) is 15.0. The number of aliphatic imine (C=N–C) groups is 1. The topological polar surface area (TPSA) is 237 Å². The Balaban J connectivity index is 0.000000709. The third-order valence-electron chi connectivity index (χ3n) is 21.4. The van der Waals surface area contributed by atoms with E-state index >= 15 is 0 Å². The van der Waals surface area contributed by atoms with Crippen molar-refractivity contribution in [1.29, 1.82) is 0 Å². The molecule has 6 aromatic rings. The molecule has 20 nitrogen and oxygen atoms in total. The molecule has 0 radical (unpaired) electrons. The van der Waals surface area contributed by atoms with Crippen molar-refractivity contribution in [3.8, 4) is 0 Å². The van der Waals surface area contributed by atoms with E-state index in [4.69, 9.17) is 32.4 Å². The van der Waals surface area contributed by atoms with Crippen LogP contribution in [0.3, 0.4) is 0 Å². The molecule has 6 aromatic heterocycles. The summed E-state index contributed by atoms with van der Waals surface area (Å²) < 4.78 is 29.9. The fourth-order valence-corrected chi connectivity index (χ4v) is 16.2. The van der Waals surface area contributed by atoms with E-state index in [1.54, 1.807) is 0 Å². The molecular formula is C105H193N13O7S. The quantitative estimate of drug-likeness (QED) is 0.137. The van der Waals surface area contributed by atoms with Crippen molar-refractivity contribution in [3.05, 3.63) is 84.8 Å². The zero-order valence-corrected chi connectivity index (χ0v) is 93.9. The zero-order valence-electron chi connectivity index (χ0n) is 93.1. The molecule has 1 fully saturated rings. The molecule has 3 aliphatic heterocycles. The lowest BCUT2D eigenvalue weighted by Gasteiger charge is -2.36. The van der Waals surface area contributed by atoms with Crippen LogP contribution < -0.4 is 0 Å². The Bertz CT molecular complexity index is 4050. The van der Waals surface area contributed by atoms with Gasteiger partial charge in [-0.1, -0.05) is 367 Å². The predicted molar refractivity (Wildman–Crippen MR) is 533 cm³/mol. The number of aryl methyl sites for hydroxylation is 2. The number of hydrogen-bond acceptors (Lipinski definition) is 19. The highest BCUT2D eigenvalue weighted by Crippen LogP contribution is 2.46. The smallest absolute Gasteiger partial charge is 0.232 e. The fraction of sp³-hybridized carbons (Fsp3) is 0.829. The van der Waals surface area contributed by atoms with E-state index in [1.165, 1.54) is 32.5 Å². The molecule has 0 aromatic carbocycles. The molecule has 126 heavy (non-hydrogen) atoms. The van der Waals surface area contributed by atoms with Gasteiger partial charge in [0, 0.05) is 104 Å². The van der Waals surface area contributed by atoms with Crippen LogP contribution in [-0.4, -0.2) is 103 Å². The first-order valence-electron chi connectivity index (χ1n) is 46.6. The first-order chi connectivity index (χ1) is 55.2. The summed E-state index contributed by atoms with van der Waals surface area (Å²) in [6.45, 7) is 133. The number of likely N-dealkylation sites (tertiary alicyclic amines) is 1. The Morgan fingerprint density at radius 1 is 0.381 bits per heavy atom. The number of ether oxygens (including phenoxy) is 1. The van der Waals surface area contributed by atoms with Crippen molar-refractivity contribution in [3.63, 3.8) is 0 Å². The van der Waals surface area contributed by atoms with Crippen LogP contribution in [0.5, 0.6) is 0 Å². The van der Waals surface area contributed by atoms with Crippen molar-refractivity contribution in [1.82, 2.24) is 55.4 Å². The SMILES string of the molecule is CC(C)(C)c1nnc(C(C)(C)C)o1.CC(C)(C)c1noc(C(C)(C)C)n1.CC1C(C(C)(C)C)=NOC1C(C)(C)C.CC1C(C)N(C(C)(C)C)C(=O)C1C(C)(C)C.CC1OC(C(C)(C)C)=NC1C(C)(C)C.Cc1c(C(C)(C)C)nnn1C(C)(C)C.Cc1c(C(C)(C)C)noc1C(C)(C)C.Cc1nc(C(C)(C)C)oc1C(C)(C)C.Cc1nc(C(C)(C)C)sc1C(C)(C)C. The molecule has 0 aliphatic carbocycles. The van der Waals surface area contributed by atoms with E-state index < -0.39 is 0 Å². The summed E-state index contributed by atoms with van der Waals surface area (Å²) in [5.41, 5.74) is 8.88. The normalized spacial score (nSPS) is 19.2. The summed E-state index contributed by atoms with van der Waals surface area (Å²) in [4.78, 5) is 39.8. The van der Waals surface area contributed by atoms with Crippen LogP contribution in [-0.2, 0) is 79.5 Å². The van der Waals surface area contributed by atoms with Gasteiger partial charge in [-0.15, -0.1) is 26.6 Å². The molecule has 1 saturated heterocycles. The summed E-state index contributed by atoms with van der Waals surface area (Å²) in [5, 5.41) is 30.2. The Labute approximate surface area is 776 Å². The van der Waals surface area contributed by atoms with Crippen molar-refractivity contribution in [2.24, 2.45) is 55.0 Å². The Morgan fingerprint density at radius 3 is 1.03 bits per heavy atom. The molecular weight excluding hydrogens is 1590 g/mol. The molecule has 0 N–H and O–H groups in total. The third-order valence-corrected chi connectivity index (χ3v) is 23.4. The number of rotatable bonds is 0. The van der Waals surface area contributed by atoms with Gasteiger partial charge < -0.3 is 32.4 Å². The first kappa shape index (κ1) is 118. The molecule has 0 spiro atoms. The van der Waals surface area contributed by atoms with Crippen LogP contribution in [0, 0.1) is 72.5 Å². The Hall–Kier alpha value is -6.12. The molecule has 3 aliphatic rings. The lowest BCUT2D eigenvalue weighted by Crippen LogP contribution is -2.47. The van der Waals surface area contributed by atoms with Gasteiger partial charge in [-0.25, -0.2) is 19.6 Å². The lowest BCUT2D eigenvalue weighted by atomic mass is 9.74. The van der Waals surface area contributed by atoms with E-state index in [-0.39, 0.29) is 122 Å². The molecule has 0 saturated carbocycles. The minimum Gasteiger partial charge on any atom is -0.475 e. The van der Waals surface area contributed by atoms with E-state index in [2.05, 4.69) is 478 Å². The average molecular weight is 1780 g/mol. The summed E-state index contributed by atoms with van der Waals surface area (Å²) in [7, 11) is 0. The molecule has 1 amide bonds. The summed E-state index contributed by atoms with van der Waals surface area (Å²) in [6.07, 6.45) is 0.431. The van der Waals surface area contributed by atoms with Crippen LogP contribution >= 0.6 is 11.3 Å². The van der Waals surface area contributed by atoms with Gasteiger partial charge in [-0.3, -0.25) is 4.79 Å². The van der Waals surface area contributed by atoms with Gasteiger partial charge >= 0.3 is 0 Å². The van der Waals surface area contributed by atoms with E-state index in [0.717, 1.165) is 46.2 Å². The number of amides is 1.